The smallest absolute Gasteiger partial charge is 0.407 e. The molecule has 1 aliphatic heterocycles. The first-order valence-electron chi connectivity index (χ1n) is 14.3. The normalized spacial score (nSPS) is 14.8. The van der Waals surface area contributed by atoms with Gasteiger partial charge in [-0.1, -0.05) is 41.9 Å². The second-order valence-electron chi connectivity index (χ2n) is 11.6. The van der Waals surface area contributed by atoms with Crippen LogP contribution in [0.25, 0.3) is 22.1 Å². The maximum atomic E-state index is 14.3. The van der Waals surface area contributed by atoms with Gasteiger partial charge in [0.15, 0.2) is 0 Å². The summed E-state index contributed by atoms with van der Waals surface area (Å²) < 4.78 is 25.4. The van der Waals surface area contributed by atoms with Gasteiger partial charge in [0.05, 0.1) is 11.3 Å². The molecule has 9 nitrogen and oxygen atoms in total. The molecule has 0 spiro atoms. The Bertz CT molecular complexity index is 1700. The van der Waals surface area contributed by atoms with Gasteiger partial charge in [-0.25, -0.2) is 14.0 Å². The number of ether oxygens (including phenoxy) is 1. The minimum absolute atomic E-state index is 0.0201. The average Bonchev–Trinajstić information content (AvgIpc) is 3.66. The number of hydrogen-bond donors (Lipinski definition) is 3. The summed E-state index contributed by atoms with van der Waals surface area (Å²) in [7, 11) is 0. The Morgan fingerprint density at radius 1 is 1.05 bits per heavy atom. The first-order chi connectivity index (χ1) is 21.0. The Kier molecular flexibility index (Phi) is 9.10. The van der Waals surface area contributed by atoms with Crippen LogP contribution in [0.3, 0.4) is 0 Å². The van der Waals surface area contributed by atoms with E-state index in [0.29, 0.717) is 30.7 Å². The van der Waals surface area contributed by atoms with Crippen molar-refractivity contribution in [2.75, 3.05) is 11.9 Å². The molecule has 44 heavy (non-hydrogen) atoms. The van der Waals surface area contributed by atoms with Gasteiger partial charge in [0, 0.05) is 41.8 Å². The summed E-state index contributed by atoms with van der Waals surface area (Å²) in [6, 6.07) is 16.5. The third kappa shape index (κ3) is 7.31. The third-order valence-corrected chi connectivity index (χ3v) is 7.46. The van der Waals surface area contributed by atoms with E-state index in [4.69, 9.17) is 20.8 Å². The van der Waals surface area contributed by atoms with Gasteiger partial charge in [-0.15, -0.1) is 0 Å². The first-order valence-corrected chi connectivity index (χ1v) is 14.7. The Morgan fingerprint density at radius 3 is 2.64 bits per heavy atom. The molecule has 1 aliphatic rings. The van der Waals surface area contributed by atoms with E-state index >= 15 is 0 Å². The summed E-state index contributed by atoms with van der Waals surface area (Å²) in [6.07, 6.45) is 2.23. The highest BCUT2D eigenvalue weighted by Gasteiger charge is 2.34. The fourth-order valence-corrected chi connectivity index (χ4v) is 5.37. The summed E-state index contributed by atoms with van der Waals surface area (Å²) in [4.78, 5) is 40.0. The lowest BCUT2D eigenvalue weighted by Gasteiger charge is -2.24. The van der Waals surface area contributed by atoms with Gasteiger partial charge in [0.1, 0.15) is 23.0 Å². The number of urea groups is 1. The van der Waals surface area contributed by atoms with Crippen molar-refractivity contribution in [1.29, 1.82) is 0 Å². The maximum Gasteiger partial charge on any atom is 0.407 e. The van der Waals surface area contributed by atoms with Gasteiger partial charge in [-0.2, -0.15) is 0 Å². The van der Waals surface area contributed by atoms with Gasteiger partial charge in [0.25, 0.3) is 0 Å². The molecule has 230 valence electrons. The second-order valence-corrected chi connectivity index (χ2v) is 12.0. The Balaban J connectivity index is 1.29. The minimum Gasteiger partial charge on any atom is -0.464 e. The molecule has 3 aromatic carbocycles. The molecule has 1 saturated heterocycles. The van der Waals surface area contributed by atoms with Crippen LogP contribution >= 0.6 is 11.6 Å². The van der Waals surface area contributed by atoms with Crippen LogP contribution in [0.1, 0.15) is 44.7 Å². The number of hydrogen-bond acceptors (Lipinski definition) is 5. The van der Waals surface area contributed by atoms with Crippen molar-refractivity contribution in [2.45, 2.75) is 58.3 Å². The topological polar surface area (TPSA) is 113 Å². The van der Waals surface area contributed by atoms with Gasteiger partial charge < -0.3 is 30.0 Å². The number of anilines is 1. The zero-order chi connectivity index (χ0) is 31.4. The molecule has 1 atom stereocenters. The number of nitrogens with zero attached hydrogens (tertiary/aromatic N) is 1. The van der Waals surface area contributed by atoms with Gasteiger partial charge >= 0.3 is 12.1 Å². The van der Waals surface area contributed by atoms with Crippen LogP contribution in [0, 0.1) is 5.82 Å². The summed E-state index contributed by atoms with van der Waals surface area (Å²) in [6.45, 7) is 6.03. The minimum atomic E-state index is -0.690. The van der Waals surface area contributed by atoms with Crippen molar-refractivity contribution in [3.05, 3.63) is 88.9 Å². The molecular weight excluding hydrogens is 587 g/mol. The number of likely N-dealkylation sites (tertiary alicyclic amines) is 1. The number of rotatable bonds is 7. The summed E-state index contributed by atoms with van der Waals surface area (Å²) in [5, 5.41) is 9.22. The Morgan fingerprint density at radius 2 is 1.84 bits per heavy atom. The SMILES string of the molecule is CC(C)(C)OC(=O)NCc1cccc(-c2cc(NC(=O)C3CCCN3C(=O)NCc3cccc(Cl)c3F)cc3ccoc23)c1. The predicted octanol–water partition coefficient (Wildman–Crippen LogP) is 7.23. The van der Waals surface area contributed by atoms with Crippen LogP contribution in [0.2, 0.25) is 5.02 Å². The number of carbonyl (C=O) groups is 3. The largest absolute Gasteiger partial charge is 0.464 e. The Hall–Kier alpha value is -4.57. The van der Waals surface area contributed by atoms with Crippen molar-refractivity contribution >= 4 is 46.3 Å². The quantitative estimate of drug-likeness (QED) is 0.202. The molecule has 4 amide bonds. The monoisotopic (exact) mass is 620 g/mol. The van der Waals surface area contributed by atoms with E-state index in [1.54, 1.807) is 39.2 Å². The number of furan rings is 1. The molecule has 1 unspecified atom stereocenters. The molecule has 0 radical (unpaired) electrons. The highest BCUT2D eigenvalue weighted by atomic mass is 35.5. The van der Waals surface area contributed by atoms with Crippen molar-refractivity contribution in [2.24, 2.45) is 0 Å². The maximum absolute atomic E-state index is 14.3. The molecule has 0 aliphatic carbocycles. The number of fused-ring (bicyclic) bond motifs is 1. The van der Waals surface area contributed by atoms with Crippen molar-refractivity contribution < 1.29 is 27.9 Å². The standard InChI is InChI=1S/C33H34ClFN4O5/c1-33(2,3)44-32(42)37-18-20-7-4-8-21(15-20)25-17-24(16-22-12-14-43-29(22)25)38-30(40)27-11-6-13-39(27)31(41)36-19-23-9-5-10-26(34)28(23)35/h4-5,7-10,12,14-17,27H,6,11,13,18-19H2,1-3H3,(H,36,41)(H,37,42)(H,38,40). The molecule has 4 aromatic rings. The van der Waals surface area contributed by atoms with Crippen LogP contribution in [-0.4, -0.2) is 41.1 Å². The lowest BCUT2D eigenvalue weighted by atomic mass is 10.00. The van der Waals surface area contributed by atoms with Crippen LogP contribution < -0.4 is 16.0 Å². The van der Waals surface area contributed by atoms with E-state index in [1.807, 2.05) is 42.5 Å². The van der Waals surface area contributed by atoms with Crippen molar-refractivity contribution in [1.82, 2.24) is 15.5 Å². The van der Waals surface area contributed by atoms with E-state index in [1.165, 1.54) is 11.0 Å². The van der Waals surface area contributed by atoms with E-state index < -0.39 is 29.6 Å². The number of halogens is 2. The number of carbonyl (C=O) groups excluding carboxylic acids is 3. The number of amides is 4. The fraction of sp³-hybridized carbons (Fsp3) is 0.303. The number of benzene rings is 3. The van der Waals surface area contributed by atoms with Crippen molar-refractivity contribution in [3.8, 4) is 11.1 Å². The molecular formula is C33H34ClFN4O5. The molecule has 0 bridgehead atoms. The predicted molar refractivity (Wildman–Crippen MR) is 167 cm³/mol. The average molecular weight is 621 g/mol. The molecule has 1 aromatic heterocycles. The number of alkyl carbamates (subject to hydrolysis) is 1. The van der Waals surface area contributed by atoms with Gasteiger partial charge in [0.2, 0.25) is 5.91 Å². The van der Waals surface area contributed by atoms with Gasteiger partial charge in [-0.3, -0.25) is 4.79 Å². The van der Waals surface area contributed by atoms with E-state index in [9.17, 15) is 18.8 Å². The molecule has 0 saturated carbocycles. The molecule has 3 N–H and O–H groups in total. The van der Waals surface area contributed by atoms with Crippen LogP contribution in [0.4, 0.5) is 19.7 Å². The highest BCUT2D eigenvalue weighted by Crippen LogP contribution is 2.34. The van der Waals surface area contributed by atoms with Crippen LogP contribution in [0.5, 0.6) is 0 Å². The zero-order valence-electron chi connectivity index (χ0n) is 24.7. The van der Waals surface area contributed by atoms with Crippen molar-refractivity contribution in [3.63, 3.8) is 0 Å². The molecule has 11 heteroatoms. The fourth-order valence-electron chi connectivity index (χ4n) is 5.17. The van der Waals surface area contributed by atoms with E-state index in [0.717, 1.165) is 22.1 Å². The third-order valence-electron chi connectivity index (χ3n) is 7.17. The van der Waals surface area contributed by atoms with Gasteiger partial charge in [-0.05, 0) is 75.1 Å². The zero-order valence-corrected chi connectivity index (χ0v) is 25.5. The van der Waals surface area contributed by atoms with Crippen LogP contribution in [0.15, 0.2) is 71.3 Å². The summed E-state index contributed by atoms with van der Waals surface area (Å²) in [5.41, 5.74) is 3.30. The highest BCUT2D eigenvalue weighted by molar-refractivity contribution is 6.30. The lowest BCUT2D eigenvalue weighted by molar-refractivity contribution is -0.119. The first kappa shape index (κ1) is 30.9. The molecule has 2 heterocycles. The Labute approximate surface area is 259 Å². The second kappa shape index (κ2) is 13.0. The van der Waals surface area contributed by atoms with E-state index in [-0.39, 0.29) is 29.6 Å². The number of nitrogens with one attached hydrogen (secondary N) is 3. The summed E-state index contributed by atoms with van der Waals surface area (Å²) >= 11 is 5.85. The molecule has 1 fully saturated rings. The van der Waals surface area contributed by atoms with Crippen LogP contribution in [-0.2, 0) is 22.6 Å². The van der Waals surface area contributed by atoms with E-state index in [2.05, 4.69) is 16.0 Å². The lowest BCUT2D eigenvalue weighted by Crippen LogP contribution is -2.47. The summed E-state index contributed by atoms with van der Waals surface area (Å²) in [5.74, 6) is -0.906. The molecule has 5 rings (SSSR count).